The molecule has 2 aliphatic rings. The Balaban J connectivity index is 1.65. The lowest BCUT2D eigenvalue weighted by Gasteiger charge is -2.29. The lowest BCUT2D eigenvalue weighted by atomic mass is 9.86. The van der Waals surface area contributed by atoms with E-state index in [1.807, 2.05) is 19.1 Å². The van der Waals surface area contributed by atoms with Gasteiger partial charge in [0.1, 0.15) is 24.8 Å². The molecule has 2 aliphatic heterocycles. The van der Waals surface area contributed by atoms with Crippen molar-refractivity contribution in [1.82, 2.24) is 4.90 Å². The van der Waals surface area contributed by atoms with Crippen molar-refractivity contribution in [2.75, 3.05) is 46.5 Å². The number of aromatic nitrogens is 1. The third-order valence-corrected chi connectivity index (χ3v) is 6.36. The second-order valence-corrected chi connectivity index (χ2v) is 8.28. The summed E-state index contributed by atoms with van der Waals surface area (Å²) in [6, 6.07) is 8.11. The maximum Gasteiger partial charge on any atom is 0.291 e. The van der Waals surface area contributed by atoms with Crippen LogP contribution in [0.2, 0.25) is 0 Å². The molecule has 2 fully saturated rings. The monoisotopic (exact) mass is 439 g/mol. The molecule has 32 heavy (non-hydrogen) atoms. The van der Waals surface area contributed by atoms with E-state index < -0.39 is 23.7 Å². The molecule has 1 amide bonds. The summed E-state index contributed by atoms with van der Waals surface area (Å²) in [7, 11) is 1.57. The maximum absolute atomic E-state index is 13.5. The molecule has 1 aromatic heterocycles. The average Bonchev–Trinajstić information content (AvgIpc) is 3.08. The van der Waals surface area contributed by atoms with Gasteiger partial charge in [0.2, 0.25) is 5.78 Å². The van der Waals surface area contributed by atoms with Gasteiger partial charge in [-0.3, -0.25) is 14.4 Å². The van der Waals surface area contributed by atoms with Crippen LogP contribution >= 0.6 is 0 Å². The number of hydrogen-bond acceptors (Lipinski definition) is 5. The second-order valence-electron chi connectivity index (χ2n) is 8.28. The number of carbonyl (C=O) groups is 3. The number of morpholine rings is 1. The number of nitrogens with one attached hydrogen (secondary N) is 2. The van der Waals surface area contributed by atoms with E-state index in [0.717, 1.165) is 24.2 Å². The number of carbonyl (C=O) groups excluding carboxylic acids is 3. The first kappa shape index (κ1) is 22.1. The number of benzene rings is 1. The minimum absolute atomic E-state index is 0.340. The van der Waals surface area contributed by atoms with E-state index in [4.69, 9.17) is 9.47 Å². The van der Waals surface area contributed by atoms with E-state index in [1.165, 1.54) is 4.90 Å². The molecular formula is C24H29N3O5+2. The fraction of sp³-hybridized carbons (Fsp3) is 0.417. The van der Waals surface area contributed by atoms with E-state index in [-0.39, 0.29) is 5.78 Å². The predicted octanol–water partition coefficient (Wildman–Crippen LogP) is -0.316. The SMILES string of the molecule is COc1ccc(C(=O)C2C(=O)C(=O)N(CC[NH+]3CCOCC3)C2c2cc[nH+]cc2)cc1C. The molecule has 0 aliphatic carbocycles. The molecule has 2 aromatic rings. The summed E-state index contributed by atoms with van der Waals surface area (Å²) < 4.78 is 10.7. The molecule has 2 unspecified atom stereocenters. The van der Waals surface area contributed by atoms with Crippen LogP contribution in [0.3, 0.4) is 0 Å². The number of amides is 1. The number of methoxy groups -OCH3 is 1. The number of ketones is 2. The van der Waals surface area contributed by atoms with E-state index in [1.54, 1.807) is 42.6 Å². The van der Waals surface area contributed by atoms with Crippen LogP contribution in [0.15, 0.2) is 42.7 Å². The summed E-state index contributed by atoms with van der Waals surface area (Å²) in [5, 5.41) is 0. The van der Waals surface area contributed by atoms with Crippen LogP contribution in [0.1, 0.15) is 27.5 Å². The number of aromatic amines is 1. The Kier molecular flexibility index (Phi) is 6.62. The molecule has 0 bridgehead atoms. The number of hydrogen-bond donors (Lipinski definition) is 1. The van der Waals surface area contributed by atoms with E-state index in [0.29, 0.717) is 37.6 Å². The fourth-order valence-corrected chi connectivity index (χ4v) is 4.60. The van der Waals surface area contributed by atoms with E-state index >= 15 is 0 Å². The van der Waals surface area contributed by atoms with Gasteiger partial charge in [-0.05, 0) is 36.2 Å². The Morgan fingerprint density at radius 2 is 1.91 bits per heavy atom. The number of likely N-dealkylation sites (tertiary alicyclic amines) is 1. The third-order valence-electron chi connectivity index (χ3n) is 6.36. The van der Waals surface area contributed by atoms with Crippen molar-refractivity contribution in [3.8, 4) is 5.75 Å². The van der Waals surface area contributed by atoms with Crippen molar-refractivity contribution in [2.24, 2.45) is 5.92 Å². The van der Waals surface area contributed by atoms with Crippen molar-refractivity contribution >= 4 is 17.5 Å². The Morgan fingerprint density at radius 1 is 1.19 bits per heavy atom. The van der Waals surface area contributed by atoms with Crippen LogP contribution in [-0.2, 0) is 14.3 Å². The van der Waals surface area contributed by atoms with Gasteiger partial charge in [-0.25, -0.2) is 4.98 Å². The molecule has 1 aromatic carbocycles. The largest absolute Gasteiger partial charge is 0.496 e. The molecule has 2 atom stereocenters. The predicted molar refractivity (Wildman–Crippen MR) is 114 cm³/mol. The summed E-state index contributed by atoms with van der Waals surface area (Å²) in [6.07, 6.45) is 3.49. The molecule has 2 saturated heterocycles. The van der Waals surface area contributed by atoms with Crippen LogP contribution in [0, 0.1) is 12.8 Å². The third kappa shape index (κ3) is 4.28. The number of rotatable bonds is 7. The zero-order valence-electron chi connectivity index (χ0n) is 18.4. The minimum Gasteiger partial charge on any atom is -0.496 e. The van der Waals surface area contributed by atoms with Crippen LogP contribution in [-0.4, -0.2) is 68.9 Å². The lowest BCUT2D eigenvalue weighted by Crippen LogP contribution is -3.14. The zero-order valence-corrected chi connectivity index (χ0v) is 18.4. The summed E-state index contributed by atoms with van der Waals surface area (Å²) in [5.74, 6) is -1.97. The summed E-state index contributed by atoms with van der Waals surface area (Å²) >= 11 is 0. The van der Waals surface area contributed by atoms with Gasteiger partial charge in [0.25, 0.3) is 5.91 Å². The van der Waals surface area contributed by atoms with Gasteiger partial charge in [-0.1, -0.05) is 0 Å². The van der Waals surface area contributed by atoms with E-state index in [9.17, 15) is 14.4 Å². The highest BCUT2D eigenvalue weighted by atomic mass is 16.5. The number of H-pyrrole nitrogens is 1. The Hall–Kier alpha value is -3.10. The topological polar surface area (TPSA) is 91.5 Å². The molecule has 8 nitrogen and oxygen atoms in total. The van der Waals surface area contributed by atoms with Crippen molar-refractivity contribution < 1.29 is 33.7 Å². The molecule has 3 heterocycles. The van der Waals surface area contributed by atoms with Gasteiger partial charge < -0.3 is 19.3 Å². The number of ether oxygens (including phenoxy) is 2. The molecule has 0 radical (unpaired) electrons. The molecule has 8 heteroatoms. The van der Waals surface area contributed by atoms with Crippen LogP contribution < -0.4 is 14.6 Å². The standard InChI is InChI=1S/C24H27N3O5/c1-16-15-18(3-4-19(16)31-2)22(28)20-21(17-5-7-25-8-6-17)27(24(30)23(20)29)10-9-26-11-13-32-14-12-26/h3-8,15,20-21H,9-14H2,1-2H3/p+2. The molecule has 168 valence electrons. The number of aryl methyl sites for hydroxylation is 1. The van der Waals surface area contributed by atoms with Gasteiger partial charge >= 0.3 is 0 Å². The Morgan fingerprint density at radius 3 is 2.56 bits per heavy atom. The van der Waals surface area contributed by atoms with Crippen LogP contribution in [0.25, 0.3) is 0 Å². The number of nitrogens with zero attached hydrogens (tertiary/aromatic N) is 1. The quantitative estimate of drug-likeness (QED) is 0.363. The normalized spacial score (nSPS) is 21.8. The lowest BCUT2D eigenvalue weighted by molar-refractivity contribution is -0.907. The van der Waals surface area contributed by atoms with Gasteiger partial charge in [-0.2, -0.15) is 0 Å². The van der Waals surface area contributed by atoms with Gasteiger partial charge in [0, 0.05) is 17.7 Å². The second kappa shape index (κ2) is 9.58. The van der Waals surface area contributed by atoms with Gasteiger partial charge in [0.05, 0.1) is 39.5 Å². The average molecular weight is 440 g/mol. The Bertz CT molecular complexity index is 1000. The summed E-state index contributed by atoms with van der Waals surface area (Å²) in [5.41, 5.74) is 1.97. The fourth-order valence-electron chi connectivity index (χ4n) is 4.60. The number of quaternary nitrogens is 1. The highest BCUT2D eigenvalue weighted by Crippen LogP contribution is 2.38. The van der Waals surface area contributed by atoms with Crippen LogP contribution in [0.5, 0.6) is 5.75 Å². The van der Waals surface area contributed by atoms with E-state index in [2.05, 4.69) is 4.98 Å². The first-order valence-corrected chi connectivity index (χ1v) is 10.9. The first-order chi connectivity index (χ1) is 15.5. The zero-order chi connectivity index (χ0) is 22.7. The summed E-state index contributed by atoms with van der Waals surface area (Å²) in [6.45, 7) is 6.09. The van der Waals surface area contributed by atoms with Gasteiger partial charge in [-0.15, -0.1) is 0 Å². The number of Topliss-reactive ketones (excluding diaryl/α,β-unsaturated/α-hetero) is 2. The Labute approximate surface area is 187 Å². The van der Waals surface area contributed by atoms with Crippen molar-refractivity contribution in [3.05, 3.63) is 59.4 Å². The van der Waals surface area contributed by atoms with Crippen molar-refractivity contribution in [3.63, 3.8) is 0 Å². The van der Waals surface area contributed by atoms with Crippen molar-refractivity contribution in [1.29, 1.82) is 0 Å². The van der Waals surface area contributed by atoms with Gasteiger partial charge in [0.15, 0.2) is 18.2 Å². The maximum atomic E-state index is 13.5. The highest BCUT2D eigenvalue weighted by molar-refractivity contribution is 6.44. The first-order valence-electron chi connectivity index (χ1n) is 10.9. The molecule has 0 saturated carbocycles. The molecule has 2 N–H and O–H groups in total. The van der Waals surface area contributed by atoms with Crippen LogP contribution in [0.4, 0.5) is 0 Å². The highest BCUT2D eigenvalue weighted by Gasteiger charge is 2.52. The minimum atomic E-state index is -1.07. The number of pyridine rings is 1. The smallest absolute Gasteiger partial charge is 0.291 e. The molecule has 4 rings (SSSR count). The summed E-state index contributed by atoms with van der Waals surface area (Å²) in [4.78, 5) is 45.5. The molecular weight excluding hydrogens is 410 g/mol. The molecule has 0 spiro atoms. The van der Waals surface area contributed by atoms with Crippen molar-refractivity contribution in [2.45, 2.75) is 13.0 Å².